The molecular formula is C13H24N2O4. The summed E-state index contributed by atoms with van der Waals surface area (Å²) in [5.74, 6) is -1.05. The lowest BCUT2D eigenvalue weighted by molar-refractivity contribution is -0.143. The number of carboxylic acids is 1. The number of aliphatic carboxylic acids is 1. The van der Waals surface area contributed by atoms with Crippen LogP contribution < -0.4 is 5.32 Å². The van der Waals surface area contributed by atoms with Gasteiger partial charge in [0.2, 0.25) is 0 Å². The highest BCUT2D eigenvalue weighted by molar-refractivity contribution is 5.76. The van der Waals surface area contributed by atoms with Crippen LogP contribution in [0.5, 0.6) is 0 Å². The Morgan fingerprint density at radius 3 is 2.74 bits per heavy atom. The highest BCUT2D eigenvalue weighted by Gasteiger charge is 2.31. The van der Waals surface area contributed by atoms with Gasteiger partial charge in [0.15, 0.2) is 0 Å². The molecule has 1 heterocycles. The van der Waals surface area contributed by atoms with E-state index in [1.807, 2.05) is 13.8 Å². The van der Waals surface area contributed by atoms with Crippen LogP contribution in [0.4, 0.5) is 4.79 Å². The number of amides is 2. The summed E-state index contributed by atoms with van der Waals surface area (Å²) < 4.78 is 5.10. The fourth-order valence-electron chi connectivity index (χ4n) is 2.31. The molecule has 1 aliphatic rings. The van der Waals surface area contributed by atoms with E-state index in [9.17, 15) is 9.59 Å². The third-order valence-electron chi connectivity index (χ3n) is 3.53. The molecule has 6 heteroatoms. The van der Waals surface area contributed by atoms with Crippen LogP contribution in [-0.4, -0.2) is 54.9 Å². The first-order valence-corrected chi connectivity index (χ1v) is 6.72. The van der Waals surface area contributed by atoms with Crippen LogP contribution >= 0.6 is 0 Å². The van der Waals surface area contributed by atoms with E-state index in [1.165, 1.54) is 0 Å². The molecule has 1 rings (SSSR count). The van der Waals surface area contributed by atoms with E-state index in [1.54, 1.807) is 12.0 Å². The minimum Gasteiger partial charge on any atom is -0.481 e. The number of nitrogens with one attached hydrogen (secondary N) is 1. The number of piperidine rings is 1. The molecule has 0 aliphatic carbocycles. The third kappa shape index (κ3) is 5.06. The lowest BCUT2D eigenvalue weighted by Gasteiger charge is -2.34. The molecule has 19 heavy (non-hydrogen) atoms. The number of hydrogen-bond acceptors (Lipinski definition) is 3. The Morgan fingerprint density at radius 1 is 1.47 bits per heavy atom. The van der Waals surface area contributed by atoms with E-state index in [0.29, 0.717) is 26.1 Å². The van der Waals surface area contributed by atoms with Crippen molar-refractivity contribution in [3.05, 3.63) is 0 Å². The number of ether oxygens (including phenoxy) is 1. The van der Waals surface area contributed by atoms with Gasteiger partial charge in [-0.3, -0.25) is 4.79 Å². The van der Waals surface area contributed by atoms with Gasteiger partial charge >= 0.3 is 12.0 Å². The van der Waals surface area contributed by atoms with Gasteiger partial charge in [-0.15, -0.1) is 0 Å². The van der Waals surface area contributed by atoms with Crippen molar-refractivity contribution in [1.29, 1.82) is 0 Å². The molecule has 0 saturated carbocycles. The van der Waals surface area contributed by atoms with E-state index < -0.39 is 11.9 Å². The van der Waals surface area contributed by atoms with E-state index in [4.69, 9.17) is 9.84 Å². The van der Waals surface area contributed by atoms with Gasteiger partial charge in [-0.2, -0.15) is 0 Å². The predicted octanol–water partition coefficient (Wildman–Crippen LogP) is 1.16. The average molecular weight is 272 g/mol. The molecule has 1 fully saturated rings. The minimum atomic E-state index is -0.822. The fraction of sp³-hybridized carbons (Fsp3) is 0.846. The first-order chi connectivity index (χ1) is 8.93. The first-order valence-electron chi connectivity index (χ1n) is 6.72. The zero-order valence-electron chi connectivity index (χ0n) is 11.9. The molecule has 110 valence electrons. The van der Waals surface area contributed by atoms with Crippen LogP contribution in [0.2, 0.25) is 0 Å². The van der Waals surface area contributed by atoms with Gasteiger partial charge in [-0.05, 0) is 25.7 Å². The monoisotopic (exact) mass is 272 g/mol. The fourth-order valence-corrected chi connectivity index (χ4v) is 2.31. The maximum Gasteiger partial charge on any atom is 0.317 e. The molecule has 1 aliphatic heterocycles. The SMILES string of the molecule is COC(C)CCNC(=O)N1CC(C)CC(C(=O)O)C1. The van der Waals surface area contributed by atoms with Crippen LogP contribution in [-0.2, 0) is 9.53 Å². The van der Waals surface area contributed by atoms with E-state index >= 15 is 0 Å². The van der Waals surface area contributed by atoms with Gasteiger partial charge in [-0.1, -0.05) is 6.92 Å². The molecule has 0 aromatic rings. The second-order valence-electron chi connectivity index (χ2n) is 5.35. The summed E-state index contributed by atoms with van der Waals surface area (Å²) in [5, 5.41) is 11.9. The standard InChI is InChI=1S/C13H24N2O4/c1-9-6-11(12(16)17)8-15(7-9)13(18)14-5-4-10(2)19-3/h9-11H,4-8H2,1-3H3,(H,14,18)(H,16,17). The summed E-state index contributed by atoms with van der Waals surface area (Å²) >= 11 is 0. The Hall–Kier alpha value is -1.30. The number of likely N-dealkylation sites (tertiary alicyclic amines) is 1. The van der Waals surface area contributed by atoms with Crippen molar-refractivity contribution in [3.8, 4) is 0 Å². The molecule has 1 saturated heterocycles. The highest BCUT2D eigenvalue weighted by atomic mass is 16.5. The van der Waals surface area contributed by atoms with Crippen molar-refractivity contribution >= 4 is 12.0 Å². The van der Waals surface area contributed by atoms with Crippen molar-refractivity contribution in [2.45, 2.75) is 32.8 Å². The Morgan fingerprint density at radius 2 is 2.16 bits per heavy atom. The average Bonchev–Trinajstić information content (AvgIpc) is 2.37. The van der Waals surface area contributed by atoms with Crippen LogP contribution in [0.15, 0.2) is 0 Å². The summed E-state index contributed by atoms with van der Waals surface area (Å²) in [6.07, 6.45) is 1.49. The van der Waals surface area contributed by atoms with Crippen molar-refractivity contribution in [1.82, 2.24) is 10.2 Å². The lowest BCUT2D eigenvalue weighted by atomic mass is 9.91. The van der Waals surface area contributed by atoms with Crippen molar-refractivity contribution in [2.75, 3.05) is 26.7 Å². The van der Waals surface area contributed by atoms with Crippen LogP contribution in [0.3, 0.4) is 0 Å². The topological polar surface area (TPSA) is 78.9 Å². The second kappa shape index (κ2) is 7.33. The Bertz CT molecular complexity index is 322. The highest BCUT2D eigenvalue weighted by Crippen LogP contribution is 2.21. The first kappa shape index (κ1) is 15.8. The Kier molecular flexibility index (Phi) is 6.08. The lowest BCUT2D eigenvalue weighted by Crippen LogP contribution is -2.49. The summed E-state index contributed by atoms with van der Waals surface area (Å²) in [4.78, 5) is 24.6. The second-order valence-corrected chi connectivity index (χ2v) is 5.35. The van der Waals surface area contributed by atoms with Gasteiger partial charge in [0, 0.05) is 26.7 Å². The van der Waals surface area contributed by atoms with Gasteiger partial charge in [-0.25, -0.2) is 4.79 Å². The number of nitrogens with zero attached hydrogens (tertiary/aromatic N) is 1. The number of rotatable bonds is 5. The van der Waals surface area contributed by atoms with Crippen LogP contribution in [0, 0.1) is 11.8 Å². The Labute approximate surface area is 114 Å². The van der Waals surface area contributed by atoms with Crippen molar-refractivity contribution in [3.63, 3.8) is 0 Å². The molecular weight excluding hydrogens is 248 g/mol. The molecule has 0 spiro atoms. The number of carbonyl (C=O) groups is 2. The molecule has 0 radical (unpaired) electrons. The largest absolute Gasteiger partial charge is 0.481 e. The molecule has 0 bridgehead atoms. The Balaban J connectivity index is 2.40. The van der Waals surface area contributed by atoms with Crippen LogP contribution in [0.25, 0.3) is 0 Å². The van der Waals surface area contributed by atoms with Gasteiger partial charge in [0.1, 0.15) is 0 Å². The van der Waals surface area contributed by atoms with Crippen molar-refractivity contribution < 1.29 is 19.4 Å². The van der Waals surface area contributed by atoms with Gasteiger partial charge in [0.05, 0.1) is 12.0 Å². The van der Waals surface area contributed by atoms with Gasteiger partial charge in [0.25, 0.3) is 0 Å². The smallest absolute Gasteiger partial charge is 0.317 e. The van der Waals surface area contributed by atoms with Gasteiger partial charge < -0.3 is 20.1 Å². The number of carboxylic acid groups (broad SMARTS) is 1. The zero-order valence-corrected chi connectivity index (χ0v) is 11.9. The number of carbonyl (C=O) groups excluding carboxylic acids is 1. The predicted molar refractivity (Wildman–Crippen MR) is 71.0 cm³/mol. The molecule has 3 atom stereocenters. The number of urea groups is 1. The normalized spacial score (nSPS) is 24.9. The number of hydrogen-bond donors (Lipinski definition) is 2. The van der Waals surface area contributed by atoms with Crippen LogP contribution in [0.1, 0.15) is 26.7 Å². The summed E-state index contributed by atoms with van der Waals surface area (Å²) in [6.45, 7) is 5.37. The molecule has 0 aromatic heterocycles. The summed E-state index contributed by atoms with van der Waals surface area (Å²) in [5.41, 5.74) is 0. The van der Waals surface area contributed by atoms with Crippen molar-refractivity contribution in [2.24, 2.45) is 11.8 Å². The molecule has 6 nitrogen and oxygen atoms in total. The summed E-state index contributed by atoms with van der Waals surface area (Å²) in [6, 6.07) is -0.180. The zero-order chi connectivity index (χ0) is 14.4. The van der Waals surface area contributed by atoms with E-state index in [0.717, 1.165) is 6.42 Å². The quantitative estimate of drug-likeness (QED) is 0.787. The third-order valence-corrected chi connectivity index (χ3v) is 3.53. The molecule has 2 amide bonds. The van der Waals surface area contributed by atoms with E-state index in [2.05, 4.69) is 5.32 Å². The maximum atomic E-state index is 12.0. The number of methoxy groups -OCH3 is 1. The molecule has 0 aromatic carbocycles. The van der Waals surface area contributed by atoms with E-state index in [-0.39, 0.29) is 18.1 Å². The summed E-state index contributed by atoms with van der Waals surface area (Å²) in [7, 11) is 1.64. The molecule has 3 unspecified atom stereocenters. The molecule has 2 N–H and O–H groups in total. The maximum absolute atomic E-state index is 12.0. The minimum absolute atomic E-state index is 0.104.